The number of hydrogen-bond donors (Lipinski definition) is 0. The molecule has 0 unspecified atom stereocenters. The Balaban J connectivity index is 4.43. The molecule has 0 atom stereocenters. The summed E-state index contributed by atoms with van der Waals surface area (Å²) in [5, 5.41) is 0. The van der Waals surface area contributed by atoms with Gasteiger partial charge in [0.05, 0.1) is 0 Å². The van der Waals surface area contributed by atoms with Crippen LogP contribution >= 0.6 is 22.6 Å². The van der Waals surface area contributed by atoms with E-state index in [0.717, 1.165) is 36.8 Å². The molecule has 0 aromatic rings. The highest BCUT2D eigenvalue weighted by Gasteiger charge is 2.22. The third-order valence-corrected chi connectivity index (χ3v) is 4.56. The maximum absolute atomic E-state index is 12.3. The molecule has 0 N–H and O–H groups in total. The minimum Gasteiger partial charge on any atom is -0.342 e. The molecule has 124 valence electrons. The standard InChI is InChI=1S/C18H34INO/c1-15(2)9-7-10-18(5,6)11-14-20(13-8-12-19)17(21)16(3)4/h9,16H,7-8,10-14H2,1-6H3. The van der Waals surface area contributed by atoms with E-state index in [0.29, 0.717) is 11.3 Å². The van der Waals surface area contributed by atoms with Gasteiger partial charge in [-0.25, -0.2) is 0 Å². The summed E-state index contributed by atoms with van der Waals surface area (Å²) < 4.78 is 1.11. The first-order valence-corrected chi connectivity index (χ1v) is 9.70. The SMILES string of the molecule is CC(C)=CCCC(C)(C)CCN(CCCI)C(=O)C(C)C. The fourth-order valence-corrected chi connectivity index (χ4v) is 2.60. The number of rotatable bonds is 10. The van der Waals surface area contributed by atoms with Gasteiger partial charge in [-0.15, -0.1) is 0 Å². The van der Waals surface area contributed by atoms with Crippen LogP contribution in [0.1, 0.15) is 67.2 Å². The van der Waals surface area contributed by atoms with Gasteiger partial charge in [-0.2, -0.15) is 0 Å². The van der Waals surface area contributed by atoms with E-state index in [1.807, 2.05) is 13.8 Å². The van der Waals surface area contributed by atoms with E-state index in [2.05, 4.69) is 61.3 Å². The lowest BCUT2D eigenvalue weighted by atomic mass is 9.84. The zero-order valence-corrected chi connectivity index (χ0v) is 17.0. The maximum atomic E-state index is 12.3. The molecule has 0 fully saturated rings. The van der Waals surface area contributed by atoms with Crippen molar-refractivity contribution in [3.63, 3.8) is 0 Å². The van der Waals surface area contributed by atoms with Crippen molar-refractivity contribution in [1.82, 2.24) is 4.90 Å². The third-order valence-electron chi connectivity index (χ3n) is 3.80. The van der Waals surface area contributed by atoms with Crippen molar-refractivity contribution in [3.8, 4) is 0 Å². The molecule has 0 heterocycles. The van der Waals surface area contributed by atoms with Crippen LogP contribution in [-0.2, 0) is 4.79 Å². The fraction of sp³-hybridized carbons (Fsp3) is 0.833. The molecule has 21 heavy (non-hydrogen) atoms. The van der Waals surface area contributed by atoms with Gasteiger partial charge in [-0.3, -0.25) is 4.79 Å². The largest absolute Gasteiger partial charge is 0.342 e. The normalized spacial score (nSPS) is 11.6. The van der Waals surface area contributed by atoms with Crippen molar-refractivity contribution in [3.05, 3.63) is 11.6 Å². The number of carbonyl (C=O) groups is 1. The van der Waals surface area contributed by atoms with Crippen LogP contribution in [0.4, 0.5) is 0 Å². The first-order valence-electron chi connectivity index (χ1n) is 8.17. The zero-order valence-electron chi connectivity index (χ0n) is 14.8. The summed E-state index contributed by atoms with van der Waals surface area (Å²) in [6.45, 7) is 14.8. The van der Waals surface area contributed by atoms with Crippen molar-refractivity contribution >= 4 is 28.5 Å². The van der Waals surface area contributed by atoms with Gasteiger partial charge >= 0.3 is 0 Å². The van der Waals surface area contributed by atoms with Crippen LogP contribution < -0.4 is 0 Å². The van der Waals surface area contributed by atoms with Crippen LogP contribution in [0.3, 0.4) is 0 Å². The first-order chi connectivity index (χ1) is 9.69. The van der Waals surface area contributed by atoms with E-state index in [-0.39, 0.29) is 5.92 Å². The lowest BCUT2D eigenvalue weighted by molar-refractivity contribution is -0.134. The average Bonchev–Trinajstić information content (AvgIpc) is 2.37. The Morgan fingerprint density at radius 1 is 1.19 bits per heavy atom. The zero-order chi connectivity index (χ0) is 16.5. The second kappa shape index (κ2) is 10.6. The minimum atomic E-state index is 0.105. The van der Waals surface area contributed by atoms with Crippen molar-refractivity contribution in [1.29, 1.82) is 0 Å². The second-order valence-corrected chi connectivity index (χ2v) is 8.34. The smallest absolute Gasteiger partial charge is 0.225 e. The Bertz CT molecular complexity index is 330. The van der Waals surface area contributed by atoms with Gasteiger partial charge in [0.15, 0.2) is 0 Å². The van der Waals surface area contributed by atoms with Gasteiger partial charge in [0.25, 0.3) is 0 Å². The van der Waals surface area contributed by atoms with Crippen LogP contribution in [0.5, 0.6) is 0 Å². The Morgan fingerprint density at radius 3 is 2.29 bits per heavy atom. The van der Waals surface area contributed by atoms with Gasteiger partial charge in [0.1, 0.15) is 0 Å². The Hall–Kier alpha value is -0.0600. The molecule has 0 aliphatic heterocycles. The summed E-state index contributed by atoms with van der Waals surface area (Å²) >= 11 is 2.39. The van der Waals surface area contributed by atoms with Gasteiger partial charge < -0.3 is 4.90 Å². The van der Waals surface area contributed by atoms with Crippen LogP contribution in [0.25, 0.3) is 0 Å². The van der Waals surface area contributed by atoms with Crippen molar-refractivity contribution in [2.45, 2.75) is 67.2 Å². The van der Waals surface area contributed by atoms with Crippen LogP contribution in [-0.4, -0.2) is 28.3 Å². The predicted molar refractivity (Wildman–Crippen MR) is 102 cm³/mol. The fourth-order valence-electron chi connectivity index (χ4n) is 2.26. The van der Waals surface area contributed by atoms with E-state index in [1.54, 1.807) is 0 Å². The number of allylic oxidation sites excluding steroid dienone is 2. The number of nitrogens with zero attached hydrogens (tertiary/aromatic N) is 1. The van der Waals surface area contributed by atoms with Crippen molar-refractivity contribution in [2.75, 3.05) is 17.5 Å². The lowest BCUT2D eigenvalue weighted by Crippen LogP contribution is -2.37. The molecule has 3 heteroatoms. The molecule has 0 spiro atoms. The number of alkyl halides is 1. The summed E-state index contributed by atoms with van der Waals surface area (Å²) in [6, 6.07) is 0. The Labute approximate surface area is 145 Å². The Kier molecular flexibility index (Phi) is 10.6. The summed E-state index contributed by atoms with van der Waals surface area (Å²) in [5.74, 6) is 0.410. The molecule has 2 nitrogen and oxygen atoms in total. The molecule has 1 amide bonds. The Morgan fingerprint density at radius 2 is 1.81 bits per heavy atom. The van der Waals surface area contributed by atoms with E-state index < -0.39 is 0 Å². The summed E-state index contributed by atoms with van der Waals surface area (Å²) in [4.78, 5) is 14.4. The van der Waals surface area contributed by atoms with E-state index >= 15 is 0 Å². The molecule has 0 aromatic heterocycles. The van der Waals surface area contributed by atoms with E-state index in [9.17, 15) is 4.79 Å². The van der Waals surface area contributed by atoms with Crippen molar-refractivity contribution < 1.29 is 4.79 Å². The van der Waals surface area contributed by atoms with Gasteiger partial charge in [-0.1, -0.05) is 61.9 Å². The molecule has 0 aliphatic carbocycles. The van der Waals surface area contributed by atoms with Gasteiger partial charge in [0, 0.05) is 23.4 Å². The number of amides is 1. The summed E-state index contributed by atoms with van der Waals surface area (Å²) in [7, 11) is 0. The monoisotopic (exact) mass is 407 g/mol. The summed E-state index contributed by atoms with van der Waals surface area (Å²) in [5.41, 5.74) is 1.69. The van der Waals surface area contributed by atoms with E-state index in [1.165, 1.54) is 12.0 Å². The highest BCUT2D eigenvalue weighted by atomic mass is 127. The van der Waals surface area contributed by atoms with Crippen LogP contribution in [0.2, 0.25) is 0 Å². The molecule has 0 radical (unpaired) electrons. The average molecular weight is 407 g/mol. The number of halogens is 1. The quantitative estimate of drug-likeness (QED) is 0.268. The topological polar surface area (TPSA) is 20.3 Å². The van der Waals surface area contributed by atoms with E-state index in [4.69, 9.17) is 0 Å². The molecule has 0 aromatic carbocycles. The van der Waals surface area contributed by atoms with Gasteiger partial charge in [-0.05, 0) is 44.9 Å². The van der Waals surface area contributed by atoms with Crippen molar-refractivity contribution in [2.24, 2.45) is 11.3 Å². The maximum Gasteiger partial charge on any atom is 0.225 e. The number of carbonyl (C=O) groups excluding carboxylic acids is 1. The molecule has 0 bridgehead atoms. The van der Waals surface area contributed by atoms with Gasteiger partial charge in [0.2, 0.25) is 5.91 Å². The minimum absolute atomic E-state index is 0.105. The molecule has 0 rings (SSSR count). The van der Waals surface area contributed by atoms with Crippen LogP contribution in [0, 0.1) is 11.3 Å². The third kappa shape index (κ3) is 10.3. The molecular formula is C18H34INO. The molecular weight excluding hydrogens is 373 g/mol. The first kappa shape index (κ1) is 20.9. The predicted octanol–water partition coefficient (Wildman–Crippen LogP) is 5.46. The summed E-state index contributed by atoms with van der Waals surface area (Å²) in [6.07, 6.45) is 6.82. The molecule has 0 saturated carbocycles. The molecule has 0 saturated heterocycles. The number of hydrogen-bond acceptors (Lipinski definition) is 1. The van der Waals surface area contributed by atoms with Crippen LogP contribution in [0.15, 0.2) is 11.6 Å². The highest BCUT2D eigenvalue weighted by molar-refractivity contribution is 14.1. The molecule has 0 aliphatic rings. The highest BCUT2D eigenvalue weighted by Crippen LogP contribution is 2.27. The lowest BCUT2D eigenvalue weighted by Gasteiger charge is -2.30. The second-order valence-electron chi connectivity index (χ2n) is 7.26.